The first-order chi connectivity index (χ1) is 5.38. The van der Waals surface area contributed by atoms with Gasteiger partial charge in [0, 0.05) is 0 Å². The number of hydrogen-bond acceptors (Lipinski definition) is 1. The van der Waals surface area contributed by atoms with Gasteiger partial charge in [-0.1, -0.05) is 33.7 Å². The van der Waals surface area contributed by atoms with Crippen LogP contribution in [0, 0.1) is 11.3 Å². The largest absolute Gasteiger partial charge is 0.192 e. The molecule has 1 aromatic carbocycles. The Hall–Kier alpha value is -0.860. The lowest BCUT2D eigenvalue weighted by molar-refractivity contribution is 1.49. The maximum Gasteiger partial charge on any atom is 0.0998 e. The Balaban J connectivity index is 2.95. The van der Waals surface area contributed by atoms with Gasteiger partial charge < -0.3 is 0 Å². The minimum Gasteiger partial charge on any atom is -0.192 e. The molecule has 0 spiro atoms. The first kappa shape index (κ1) is 8.24. The van der Waals surface area contributed by atoms with E-state index in [1.165, 1.54) is 5.30 Å². The molecule has 0 fully saturated rings. The molecule has 0 amide bonds. The van der Waals surface area contributed by atoms with E-state index in [1.807, 2.05) is 24.3 Å². The molecule has 0 radical (unpaired) electrons. The first-order valence-electron chi connectivity index (χ1n) is 3.61. The summed E-state index contributed by atoms with van der Waals surface area (Å²) in [5.74, 6) is 0. The second-order valence-electron chi connectivity index (χ2n) is 2.19. The van der Waals surface area contributed by atoms with E-state index in [9.17, 15) is 0 Å². The van der Waals surface area contributed by atoms with E-state index >= 15 is 0 Å². The summed E-state index contributed by atoms with van der Waals surface area (Å²) in [6.45, 7) is 2.13. The SMILES string of the molecule is CCPc1ccccc1C#N. The normalized spacial score (nSPS) is 10.2. The molecule has 0 heterocycles. The topological polar surface area (TPSA) is 23.8 Å². The molecular formula is C9H10NP. The second-order valence-corrected chi connectivity index (χ2v) is 3.79. The zero-order valence-corrected chi connectivity index (χ0v) is 7.46. The Labute approximate surface area is 68.8 Å². The van der Waals surface area contributed by atoms with Gasteiger partial charge >= 0.3 is 0 Å². The summed E-state index contributed by atoms with van der Waals surface area (Å²) in [5, 5.41) is 9.89. The van der Waals surface area contributed by atoms with Gasteiger partial charge in [-0.15, -0.1) is 0 Å². The van der Waals surface area contributed by atoms with E-state index in [1.54, 1.807) is 0 Å². The van der Waals surface area contributed by atoms with Crippen molar-refractivity contribution in [2.24, 2.45) is 0 Å². The zero-order valence-electron chi connectivity index (χ0n) is 6.46. The lowest BCUT2D eigenvalue weighted by atomic mass is 10.2. The molecule has 11 heavy (non-hydrogen) atoms. The third kappa shape index (κ3) is 2.03. The van der Waals surface area contributed by atoms with Crippen LogP contribution in [-0.2, 0) is 0 Å². The third-order valence-electron chi connectivity index (χ3n) is 1.41. The van der Waals surface area contributed by atoms with Crippen LogP contribution in [0.15, 0.2) is 24.3 Å². The van der Waals surface area contributed by atoms with Crippen LogP contribution in [0.1, 0.15) is 12.5 Å². The maximum absolute atomic E-state index is 8.70. The van der Waals surface area contributed by atoms with Gasteiger partial charge in [-0.25, -0.2) is 0 Å². The Bertz CT molecular complexity index is 275. The molecule has 0 aromatic heterocycles. The molecule has 56 valence electrons. The number of nitrogens with zero attached hydrogens (tertiary/aromatic N) is 1. The smallest absolute Gasteiger partial charge is 0.0998 e. The molecule has 1 rings (SSSR count). The number of nitriles is 1. The van der Waals surface area contributed by atoms with Gasteiger partial charge in [0.2, 0.25) is 0 Å². The number of rotatable bonds is 2. The summed E-state index contributed by atoms with van der Waals surface area (Å²) in [5.41, 5.74) is 0.827. The summed E-state index contributed by atoms with van der Waals surface area (Å²) < 4.78 is 0. The molecule has 0 aliphatic carbocycles. The highest BCUT2D eigenvalue weighted by molar-refractivity contribution is 7.47. The molecule has 1 unspecified atom stereocenters. The van der Waals surface area contributed by atoms with Crippen LogP contribution in [0.5, 0.6) is 0 Å². The highest BCUT2D eigenvalue weighted by Crippen LogP contribution is 2.11. The van der Waals surface area contributed by atoms with Crippen LogP contribution >= 0.6 is 8.58 Å². The van der Waals surface area contributed by atoms with E-state index in [2.05, 4.69) is 13.0 Å². The standard InChI is InChI=1S/C9H10NP/c1-2-11-9-6-4-3-5-8(9)7-10/h3-6,11H,2H2,1H3. The Morgan fingerprint density at radius 2 is 2.18 bits per heavy atom. The molecule has 0 aliphatic heterocycles. The highest BCUT2D eigenvalue weighted by atomic mass is 31.1. The van der Waals surface area contributed by atoms with Crippen molar-refractivity contribution in [3.63, 3.8) is 0 Å². The lowest BCUT2D eigenvalue weighted by Gasteiger charge is -1.99. The average Bonchev–Trinajstić information content (AvgIpc) is 2.06. The van der Waals surface area contributed by atoms with Gasteiger partial charge in [0.15, 0.2) is 0 Å². The number of hydrogen-bond donors (Lipinski definition) is 0. The second kappa shape index (κ2) is 4.11. The van der Waals surface area contributed by atoms with Crippen molar-refractivity contribution in [2.75, 3.05) is 6.16 Å². The summed E-state index contributed by atoms with van der Waals surface area (Å²) in [4.78, 5) is 0. The van der Waals surface area contributed by atoms with Gasteiger partial charge in [-0.3, -0.25) is 0 Å². The van der Waals surface area contributed by atoms with Crippen LogP contribution in [0.2, 0.25) is 0 Å². The fourth-order valence-electron chi connectivity index (χ4n) is 0.925. The van der Waals surface area contributed by atoms with Gasteiger partial charge in [-0.2, -0.15) is 5.26 Å². The predicted octanol–water partition coefficient (Wildman–Crippen LogP) is 1.88. The Kier molecular flexibility index (Phi) is 3.08. The summed E-state index contributed by atoms with van der Waals surface area (Å²) in [6.07, 6.45) is 1.12. The fourth-order valence-corrected chi connectivity index (χ4v) is 1.85. The molecule has 0 saturated heterocycles. The molecule has 2 heteroatoms. The third-order valence-corrected chi connectivity index (χ3v) is 2.59. The van der Waals surface area contributed by atoms with E-state index < -0.39 is 0 Å². The minimum absolute atomic E-state index is 0.770. The summed E-state index contributed by atoms with van der Waals surface area (Å²) >= 11 is 0. The Morgan fingerprint density at radius 3 is 2.82 bits per heavy atom. The molecular weight excluding hydrogens is 153 g/mol. The monoisotopic (exact) mass is 163 g/mol. The van der Waals surface area contributed by atoms with Gasteiger partial charge in [0.1, 0.15) is 0 Å². The molecule has 1 atom stereocenters. The van der Waals surface area contributed by atoms with Crippen LogP contribution in [0.25, 0.3) is 0 Å². The summed E-state index contributed by atoms with van der Waals surface area (Å²) in [6, 6.07) is 9.98. The van der Waals surface area contributed by atoms with Gasteiger partial charge in [0.05, 0.1) is 11.6 Å². The lowest BCUT2D eigenvalue weighted by Crippen LogP contribution is -1.99. The van der Waals surface area contributed by atoms with Crippen molar-refractivity contribution in [3.05, 3.63) is 29.8 Å². The quantitative estimate of drug-likeness (QED) is 0.610. The zero-order chi connectivity index (χ0) is 8.10. The number of benzene rings is 1. The van der Waals surface area contributed by atoms with Crippen LogP contribution < -0.4 is 5.30 Å². The predicted molar refractivity (Wildman–Crippen MR) is 49.6 cm³/mol. The van der Waals surface area contributed by atoms with Crippen LogP contribution in [0.3, 0.4) is 0 Å². The van der Waals surface area contributed by atoms with E-state index in [4.69, 9.17) is 5.26 Å². The maximum atomic E-state index is 8.70. The molecule has 1 nitrogen and oxygen atoms in total. The van der Waals surface area contributed by atoms with Crippen LogP contribution in [-0.4, -0.2) is 6.16 Å². The Morgan fingerprint density at radius 1 is 1.45 bits per heavy atom. The van der Waals surface area contributed by atoms with Crippen molar-refractivity contribution in [1.82, 2.24) is 0 Å². The van der Waals surface area contributed by atoms with Crippen molar-refractivity contribution in [2.45, 2.75) is 6.92 Å². The molecule has 1 aromatic rings. The van der Waals surface area contributed by atoms with E-state index in [0.29, 0.717) is 0 Å². The summed E-state index contributed by atoms with van der Waals surface area (Å²) in [7, 11) is 0.770. The fraction of sp³-hybridized carbons (Fsp3) is 0.222. The molecule has 0 N–H and O–H groups in total. The first-order valence-corrected chi connectivity index (χ1v) is 4.82. The van der Waals surface area contributed by atoms with Crippen molar-refractivity contribution >= 4 is 13.9 Å². The van der Waals surface area contributed by atoms with Gasteiger partial charge in [-0.05, 0) is 17.5 Å². The highest BCUT2D eigenvalue weighted by Gasteiger charge is 1.96. The minimum atomic E-state index is 0.770. The van der Waals surface area contributed by atoms with Crippen molar-refractivity contribution < 1.29 is 0 Å². The van der Waals surface area contributed by atoms with Crippen molar-refractivity contribution in [3.8, 4) is 6.07 Å². The molecule has 0 bridgehead atoms. The molecule has 0 aliphatic rings. The average molecular weight is 163 g/mol. The van der Waals surface area contributed by atoms with Gasteiger partial charge in [0.25, 0.3) is 0 Å². The van der Waals surface area contributed by atoms with Crippen LogP contribution in [0.4, 0.5) is 0 Å². The van der Waals surface area contributed by atoms with E-state index in [-0.39, 0.29) is 0 Å². The van der Waals surface area contributed by atoms with E-state index in [0.717, 1.165) is 20.3 Å². The van der Waals surface area contributed by atoms with Crippen molar-refractivity contribution in [1.29, 1.82) is 5.26 Å². The molecule has 0 saturated carbocycles.